The van der Waals surface area contributed by atoms with Gasteiger partial charge in [0.25, 0.3) is 5.91 Å². The van der Waals surface area contributed by atoms with Crippen molar-refractivity contribution in [3.05, 3.63) is 69.0 Å². The normalized spacial score (nSPS) is 10.8. The molecule has 1 heterocycles. The van der Waals surface area contributed by atoms with Crippen LogP contribution >= 0.6 is 35.0 Å². The van der Waals surface area contributed by atoms with E-state index >= 15 is 0 Å². The number of halogens is 2. The van der Waals surface area contributed by atoms with Gasteiger partial charge in [-0.05, 0) is 42.7 Å². The number of thioether (sulfide) groups is 1. The van der Waals surface area contributed by atoms with Crippen LogP contribution in [0.25, 0.3) is 0 Å². The number of amides is 2. The Kier molecular flexibility index (Phi) is 8.17. The van der Waals surface area contributed by atoms with Crippen molar-refractivity contribution in [2.24, 2.45) is 7.05 Å². The van der Waals surface area contributed by atoms with Crippen molar-refractivity contribution >= 4 is 52.5 Å². The average Bonchev–Trinajstić information content (AvgIpc) is 3.11. The molecule has 2 aromatic carbocycles. The second kappa shape index (κ2) is 10.8. The predicted octanol–water partition coefficient (Wildman–Crippen LogP) is 4.65. The molecule has 0 saturated heterocycles. The summed E-state index contributed by atoms with van der Waals surface area (Å²) in [6, 6.07) is 10.7. The third-order valence-electron chi connectivity index (χ3n) is 4.84. The second-order valence-corrected chi connectivity index (χ2v) is 8.85. The summed E-state index contributed by atoms with van der Waals surface area (Å²) in [5.74, 6) is 0.289. The van der Waals surface area contributed by atoms with Gasteiger partial charge in [0.05, 0.1) is 22.9 Å². The van der Waals surface area contributed by atoms with Gasteiger partial charge < -0.3 is 15.2 Å². The van der Waals surface area contributed by atoms with Crippen molar-refractivity contribution in [2.45, 2.75) is 32.0 Å². The third kappa shape index (κ3) is 5.82. The van der Waals surface area contributed by atoms with Crippen LogP contribution in [0.4, 0.5) is 5.69 Å². The van der Waals surface area contributed by atoms with Gasteiger partial charge in [0.2, 0.25) is 5.91 Å². The Morgan fingerprint density at radius 1 is 1.16 bits per heavy atom. The van der Waals surface area contributed by atoms with Crippen LogP contribution in [-0.4, -0.2) is 32.3 Å². The van der Waals surface area contributed by atoms with Gasteiger partial charge in [-0.1, -0.05) is 60.1 Å². The highest BCUT2D eigenvalue weighted by atomic mass is 35.5. The molecule has 2 amide bonds. The molecule has 168 valence electrons. The van der Waals surface area contributed by atoms with E-state index in [1.54, 1.807) is 23.7 Å². The van der Waals surface area contributed by atoms with E-state index in [-0.39, 0.29) is 29.1 Å². The molecule has 3 aromatic rings. The number of para-hydroxylation sites is 1. The van der Waals surface area contributed by atoms with Crippen LogP contribution < -0.4 is 10.6 Å². The molecule has 3 rings (SSSR count). The molecule has 10 heteroatoms. The molecule has 32 heavy (non-hydrogen) atoms. The largest absolute Gasteiger partial charge is 0.345 e. The Bertz CT molecular complexity index is 1150. The molecule has 0 saturated carbocycles. The average molecular weight is 492 g/mol. The summed E-state index contributed by atoms with van der Waals surface area (Å²) in [7, 11) is 1.79. The van der Waals surface area contributed by atoms with Crippen molar-refractivity contribution in [2.75, 3.05) is 11.1 Å². The summed E-state index contributed by atoms with van der Waals surface area (Å²) in [4.78, 5) is 24.9. The molecule has 0 aliphatic heterocycles. The van der Waals surface area contributed by atoms with Gasteiger partial charge in [-0.3, -0.25) is 9.59 Å². The maximum Gasteiger partial charge on any atom is 0.253 e. The minimum atomic E-state index is -0.340. The molecule has 0 spiro atoms. The van der Waals surface area contributed by atoms with Crippen LogP contribution in [0.5, 0.6) is 0 Å². The number of carbonyl (C=O) groups is 2. The predicted molar refractivity (Wildman–Crippen MR) is 129 cm³/mol. The van der Waals surface area contributed by atoms with Crippen molar-refractivity contribution in [1.29, 1.82) is 0 Å². The lowest BCUT2D eigenvalue weighted by Gasteiger charge is -2.12. The molecular formula is C22H23Cl2N5O2S. The summed E-state index contributed by atoms with van der Waals surface area (Å²) < 4.78 is 1.74. The first-order valence-electron chi connectivity index (χ1n) is 9.92. The SMILES string of the molecule is CCc1cccc(C)c1NC(=O)CSc1nnc(CNC(=O)c2ccc(Cl)cc2Cl)n1C. The quantitative estimate of drug-likeness (QED) is 0.447. The first-order valence-corrected chi connectivity index (χ1v) is 11.7. The standard InChI is InChI=1S/C22H23Cl2N5O2S/c1-4-14-7-5-6-13(2)20(14)26-19(30)12-32-22-28-27-18(29(22)3)11-25-21(31)16-9-8-15(23)10-17(16)24/h5-10H,4,11-12H2,1-3H3,(H,25,31)(H,26,30). The van der Waals surface area contributed by atoms with E-state index in [9.17, 15) is 9.59 Å². The molecule has 7 nitrogen and oxygen atoms in total. The van der Waals surface area contributed by atoms with Gasteiger partial charge in [0.1, 0.15) is 0 Å². The number of rotatable bonds is 8. The van der Waals surface area contributed by atoms with Crippen LogP contribution in [0.2, 0.25) is 10.0 Å². The van der Waals surface area contributed by atoms with Gasteiger partial charge in [-0.25, -0.2) is 0 Å². The van der Waals surface area contributed by atoms with E-state index < -0.39 is 0 Å². The highest BCUT2D eigenvalue weighted by Gasteiger charge is 2.15. The molecule has 1 aromatic heterocycles. The van der Waals surface area contributed by atoms with Crippen molar-refractivity contribution in [3.63, 3.8) is 0 Å². The summed E-state index contributed by atoms with van der Waals surface area (Å²) in [6.07, 6.45) is 0.837. The molecule has 0 fully saturated rings. The first-order chi connectivity index (χ1) is 15.3. The molecule has 0 atom stereocenters. The lowest BCUT2D eigenvalue weighted by Crippen LogP contribution is -2.24. The smallest absolute Gasteiger partial charge is 0.253 e. The zero-order valence-electron chi connectivity index (χ0n) is 17.9. The highest BCUT2D eigenvalue weighted by molar-refractivity contribution is 7.99. The van der Waals surface area contributed by atoms with Gasteiger partial charge in [0, 0.05) is 17.8 Å². The summed E-state index contributed by atoms with van der Waals surface area (Å²) >= 11 is 13.2. The zero-order chi connectivity index (χ0) is 23.3. The van der Waals surface area contributed by atoms with Crippen LogP contribution in [0.15, 0.2) is 41.6 Å². The van der Waals surface area contributed by atoms with Gasteiger partial charge in [-0.2, -0.15) is 0 Å². The first kappa shape index (κ1) is 24.1. The number of carbonyl (C=O) groups excluding carboxylic acids is 2. The summed E-state index contributed by atoms with van der Waals surface area (Å²) in [5, 5.41) is 15.3. The third-order valence-corrected chi connectivity index (χ3v) is 6.41. The number of aromatic nitrogens is 3. The van der Waals surface area contributed by atoms with Crippen LogP contribution in [0.1, 0.15) is 34.2 Å². The Balaban J connectivity index is 1.57. The Labute approximate surface area is 200 Å². The number of hydrogen-bond donors (Lipinski definition) is 2. The fourth-order valence-electron chi connectivity index (χ4n) is 3.06. The number of hydrogen-bond acceptors (Lipinski definition) is 5. The fourth-order valence-corrected chi connectivity index (χ4v) is 4.28. The van der Waals surface area contributed by atoms with Gasteiger partial charge in [0.15, 0.2) is 11.0 Å². The fraction of sp³-hybridized carbons (Fsp3) is 0.273. The topological polar surface area (TPSA) is 88.9 Å². The molecule has 0 aliphatic carbocycles. The van der Waals surface area contributed by atoms with Gasteiger partial charge >= 0.3 is 0 Å². The molecule has 0 radical (unpaired) electrons. The molecule has 0 aliphatic rings. The summed E-state index contributed by atoms with van der Waals surface area (Å²) in [5.41, 5.74) is 3.32. The number of nitrogens with one attached hydrogen (secondary N) is 2. The molecule has 0 bridgehead atoms. The van der Waals surface area contributed by atoms with E-state index in [0.717, 1.165) is 23.2 Å². The second-order valence-electron chi connectivity index (χ2n) is 7.06. The van der Waals surface area contributed by atoms with E-state index in [4.69, 9.17) is 23.2 Å². The van der Waals surface area contributed by atoms with Crippen LogP contribution in [0.3, 0.4) is 0 Å². The van der Waals surface area contributed by atoms with E-state index in [1.165, 1.54) is 17.8 Å². The van der Waals surface area contributed by atoms with Crippen molar-refractivity contribution < 1.29 is 9.59 Å². The van der Waals surface area contributed by atoms with Crippen molar-refractivity contribution in [1.82, 2.24) is 20.1 Å². The van der Waals surface area contributed by atoms with E-state index in [1.807, 2.05) is 25.1 Å². The lowest BCUT2D eigenvalue weighted by atomic mass is 10.1. The Hall–Kier alpha value is -2.55. The van der Waals surface area contributed by atoms with E-state index in [2.05, 4.69) is 27.8 Å². The summed E-state index contributed by atoms with van der Waals surface area (Å²) in [6.45, 7) is 4.19. The van der Waals surface area contributed by atoms with Crippen LogP contribution in [0, 0.1) is 6.92 Å². The zero-order valence-corrected chi connectivity index (χ0v) is 20.2. The molecular weight excluding hydrogens is 469 g/mol. The van der Waals surface area contributed by atoms with Crippen molar-refractivity contribution in [3.8, 4) is 0 Å². The van der Waals surface area contributed by atoms with Crippen LogP contribution in [-0.2, 0) is 24.8 Å². The maximum absolute atomic E-state index is 12.5. The number of anilines is 1. The maximum atomic E-state index is 12.5. The highest BCUT2D eigenvalue weighted by Crippen LogP contribution is 2.23. The molecule has 2 N–H and O–H groups in total. The number of nitrogens with zero attached hydrogens (tertiary/aromatic N) is 3. The Morgan fingerprint density at radius 2 is 1.94 bits per heavy atom. The number of benzene rings is 2. The lowest BCUT2D eigenvalue weighted by molar-refractivity contribution is -0.113. The Morgan fingerprint density at radius 3 is 2.66 bits per heavy atom. The minimum Gasteiger partial charge on any atom is -0.345 e. The van der Waals surface area contributed by atoms with E-state index in [0.29, 0.717) is 21.6 Å². The monoisotopic (exact) mass is 491 g/mol. The molecule has 0 unspecified atom stereocenters. The minimum absolute atomic E-state index is 0.116. The van der Waals surface area contributed by atoms with Gasteiger partial charge in [-0.15, -0.1) is 10.2 Å². The number of aryl methyl sites for hydroxylation is 2.